The van der Waals surface area contributed by atoms with Gasteiger partial charge in [-0.25, -0.2) is 4.79 Å². The molecule has 0 amide bonds. The van der Waals surface area contributed by atoms with Gasteiger partial charge in [0.15, 0.2) is 6.29 Å². The fraction of sp³-hybridized carbons (Fsp3) is 0.300. The lowest BCUT2D eigenvalue weighted by Crippen LogP contribution is -2.44. The van der Waals surface area contributed by atoms with Crippen molar-refractivity contribution in [1.82, 2.24) is 13.7 Å². The van der Waals surface area contributed by atoms with Gasteiger partial charge in [0.1, 0.15) is 16.6 Å². The molecule has 0 aliphatic carbocycles. The van der Waals surface area contributed by atoms with Crippen LogP contribution in [0, 0.1) is 0 Å². The van der Waals surface area contributed by atoms with E-state index in [1.165, 1.54) is 23.2 Å². The molecule has 1 saturated heterocycles. The van der Waals surface area contributed by atoms with Gasteiger partial charge in [-0.05, 0) is 12.1 Å². The third kappa shape index (κ3) is 2.82. The summed E-state index contributed by atoms with van der Waals surface area (Å²) in [7, 11) is 2.89. The summed E-state index contributed by atoms with van der Waals surface area (Å²) in [5.74, 6) is 0. The van der Waals surface area contributed by atoms with Crippen LogP contribution < -0.4 is 21.7 Å². The number of ether oxygens (including phenoxy) is 1. The molecule has 1 fully saturated rings. The molecule has 9 nitrogen and oxygen atoms in total. The quantitative estimate of drug-likeness (QED) is 0.580. The van der Waals surface area contributed by atoms with E-state index in [1.54, 1.807) is 35.2 Å². The number of aryl methyl sites for hydroxylation is 1. The number of rotatable bonds is 3. The molecule has 1 aromatic carbocycles. The van der Waals surface area contributed by atoms with Crippen LogP contribution >= 0.6 is 0 Å². The van der Waals surface area contributed by atoms with E-state index in [0.717, 1.165) is 4.57 Å². The molecule has 1 aliphatic heterocycles. The molecular formula is C20H20N4O5. The van der Waals surface area contributed by atoms with Gasteiger partial charge in [0.2, 0.25) is 0 Å². The standard InChI is InChI=1S/C20H20N4O5/c1-21-17-15(19(27)22(2)20(21)28)16(23-8-10-29-11-9-23)14(12-25)18(26)24(17)13-6-4-3-5-7-13/h3-7,12H,8-11H2,1-2H3. The molecule has 1 aliphatic rings. The van der Waals surface area contributed by atoms with Crippen molar-refractivity contribution in [2.45, 2.75) is 0 Å². The zero-order valence-electron chi connectivity index (χ0n) is 16.1. The Morgan fingerprint density at radius 1 is 0.931 bits per heavy atom. The summed E-state index contributed by atoms with van der Waals surface area (Å²) in [6.07, 6.45) is 0.483. The van der Waals surface area contributed by atoms with Crippen molar-refractivity contribution in [3.05, 3.63) is 67.1 Å². The molecule has 0 N–H and O–H groups in total. The first kappa shape index (κ1) is 18.9. The summed E-state index contributed by atoms with van der Waals surface area (Å²) in [5.41, 5.74) is -0.936. The van der Waals surface area contributed by atoms with Crippen LogP contribution in [-0.4, -0.2) is 46.3 Å². The first-order valence-corrected chi connectivity index (χ1v) is 9.19. The number of aromatic nitrogens is 3. The van der Waals surface area contributed by atoms with Crippen molar-refractivity contribution in [3.8, 4) is 5.69 Å². The summed E-state index contributed by atoms with van der Waals surface area (Å²) >= 11 is 0. The second-order valence-corrected chi connectivity index (χ2v) is 6.86. The molecule has 0 unspecified atom stereocenters. The number of para-hydroxylation sites is 1. The molecule has 3 heterocycles. The van der Waals surface area contributed by atoms with Gasteiger partial charge in [0, 0.05) is 27.2 Å². The third-order valence-corrected chi connectivity index (χ3v) is 5.23. The second-order valence-electron chi connectivity index (χ2n) is 6.86. The molecule has 0 saturated carbocycles. The van der Waals surface area contributed by atoms with Crippen molar-refractivity contribution in [2.75, 3.05) is 31.2 Å². The molecule has 0 bridgehead atoms. The van der Waals surface area contributed by atoms with Crippen molar-refractivity contribution < 1.29 is 9.53 Å². The van der Waals surface area contributed by atoms with Gasteiger partial charge in [0.05, 0.1) is 24.6 Å². The van der Waals surface area contributed by atoms with Gasteiger partial charge < -0.3 is 9.64 Å². The lowest BCUT2D eigenvalue weighted by molar-refractivity contribution is 0.111. The molecule has 0 spiro atoms. The minimum atomic E-state index is -0.580. The number of hydrogen-bond acceptors (Lipinski definition) is 6. The molecular weight excluding hydrogens is 376 g/mol. The van der Waals surface area contributed by atoms with Crippen molar-refractivity contribution in [1.29, 1.82) is 0 Å². The number of anilines is 1. The summed E-state index contributed by atoms with van der Waals surface area (Å²) in [4.78, 5) is 53.0. The Morgan fingerprint density at radius 3 is 2.21 bits per heavy atom. The molecule has 3 aromatic rings. The Kier molecular flexibility index (Phi) is 4.67. The topological polar surface area (TPSA) is 95.5 Å². The smallest absolute Gasteiger partial charge is 0.332 e. The van der Waals surface area contributed by atoms with Crippen LogP contribution in [-0.2, 0) is 18.8 Å². The first-order chi connectivity index (χ1) is 14.0. The van der Waals surface area contributed by atoms with E-state index in [1.807, 2.05) is 0 Å². The fourth-order valence-electron chi connectivity index (χ4n) is 3.79. The SMILES string of the molecule is Cn1c(=O)c2c(N3CCOCC3)c(C=O)c(=O)n(-c3ccccc3)c2n(C)c1=O. The normalized spacial score (nSPS) is 14.3. The van der Waals surface area contributed by atoms with Crippen LogP contribution in [0.25, 0.3) is 16.7 Å². The van der Waals surface area contributed by atoms with Crippen LogP contribution in [0.2, 0.25) is 0 Å². The van der Waals surface area contributed by atoms with E-state index in [0.29, 0.717) is 38.3 Å². The monoisotopic (exact) mass is 396 g/mol. The van der Waals surface area contributed by atoms with Crippen LogP contribution in [0.3, 0.4) is 0 Å². The second kappa shape index (κ2) is 7.17. The number of carbonyl (C=O) groups is 1. The van der Waals surface area contributed by atoms with Crippen molar-refractivity contribution in [2.24, 2.45) is 14.1 Å². The van der Waals surface area contributed by atoms with Gasteiger partial charge in [-0.2, -0.15) is 0 Å². The van der Waals surface area contributed by atoms with Crippen LogP contribution in [0.1, 0.15) is 10.4 Å². The predicted molar refractivity (Wildman–Crippen MR) is 108 cm³/mol. The number of fused-ring (bicyclic) bond motifs is 1. The highest BCUT2D eigenvalue weighted by Crippen LogP contribution is 2.27. The van der Waals surface area contributed by atoms with Gasteiger partial charge >= 0.3 is 5.69 Å². The number of morpholine rings is 1. The van der Waals surface area contributed by atoms with Gasteiger partial charge in [-0.3, -0.25) is 28.1 Å². The Hall–Kier alpha value is -3.46. The number of benzene rings is 1. The zero-order chi connectivity index (χ0) is 20.7. The maximum atomic E-state index is 13.4. The molecule has 150 valence electrons. The Bertz CT molecular complexity index is 1280. The van der Waals surface area contributed by atoms with Crippen molar-refractivity contribution >= 4 is 23.0 Å². The summed E-state index contributed by atoms with van der Waals surface area (Å²) in [6.45, 7) is 1.68. The molecule has 29 heavy (non-hydrogen) atoms. The molecule has 4 rings (SSSR count). The van der Waals surface area contributed by atoms with Crippen LogP contribution in [0.4, 0.5) is 5.69 Å². The maximum absolute atomic E-state index is 13.4. The number of pyridine rings is 1. The van der Waals surface area contributed by atoms with Crippen LogP contribution in [0.15, 0.2) is 44.7 Å². The number of aldehydes is 1. The minimum Gasteiger partial charge on any atom is -0.378 e. The summed E-state index contributed by atoms with van der Waals surface area (Å²) < 4.78 is 8.89. The van der Waals surface area contributed by atoms with E-state index in [-0.39, 0.29) is 22.3 Å². The molecule has 0 radical (unpaired) electrons. The highest BCUT2D eigenvalue weighted by atomic mass is 16.5. The Labute approximate surface area is 165 Å². The highest BCUT2D eigenvalue weighted by Gasteiger charge is 2.27. The lowest BCUT2D eigenvalue weighted by Gasteiger charge is -2.31. The van der Waals surface area contributed by atoms with Crippen molar-refractivity contribution in [3.63, 3.8) is 0 Å². The first-order valence-electron chi connectivity index (χ1n) is 9.19. The highest BCUT2D eigenvalue weighted by molar-refractivity contribution is 6.00. The molecule has 9 heteroatoms. The average Bonchev–Trinajstić information content (AvgIpc) is 2.76. The largest absolute Gasteiger partial charge is 0.378 e. The maximum Gasteiger partial charge on any atom is 0.332 e. The van der Waals surface area contributed by atoms with E-state index >= 15 is 0 Å². The van der Waals surface area contributed by atoms with E-state index < -0.39 is 16.8 Å². The average molecular weight is 396 g/mol. The Balaban J connectivity index is 2.29. The number of hydrogen-bond donors (Lipinski definition) is 0. The molecule has 2 aromatic heterocycles. The summed E-state index contributed by atoms with van der Waals surface area (Å²) in [6, 6.07) is 8.64. The summed E-state index contributed by atoms with van der Waals surface area (Å²) in [5, 5.41) is 0.155. The zero-order valence-corrected chi connectivity index (χ0v) is 16.1. The van der Waals surface area contributed by atoms with Gasteiger partial charge in [-0.15, -0.1) is 0 Å². The number of nitrogens with zero attached hydrogens (tertiary/aromatic N) is 4. The molecule has 0 atom stereocenters. The third-order valence-electron chi connectivity index (χ3n) is 5.23. The Morgan fingerprint density at radius 2 is 1.59 bits per heavy atom. The van der Waals surface area contributed by atoms with Gasteiger partial charge in [-0.1, -0.05) is 18.2 Å². The van der Waals surface area contributed by atoms with Gasteiger partial charge in [0.25, 0.3) is 11.1 Å². The van der Waals surface area contributed by atoms with E-state index in [2.05, 4.69) is 0 Å². The van der Waals surface area contributed by atoms with E-state index in [9.17, 15) is 19.2 Å². The fourth-order valence-corrected chi connectivity index (χ4v) is 3.79. The predicted octanol–water partition coefficient (Wildman–Crippen LogP) is 0.0372. The number of carbonyl (C=O) groups excluding carboxylic acids is 1. The van der Waals surface area contributed by atoms with Crippen LogP contribution in [0.5, 0.6) is 0 Å². The minimum absolute atomic E-state index is 0.112. The lowest BCUT2D eigenvalue weighted by atomic mass is 10.1. The van der Waals surface area contributed by atoms with E-state index in [4.69, 9.17) is 4.74 Å².